The van der Waals surface area contributed by atoms with Crippen molar-refractivity contribution in [2.75, 3.05) is 0 Å². The highest BCUT2D eigenvalue weighted by molar-refractivity contribution is 5.36. The molecule has 0 aliphatic rings. The quantitative estimate of drug-likeness (QED) is 0.362. The standard InChI is InChI=1S/C11H16N2/c1-9(11(2,3)4)6-7-10(8-12)13-5/h6-7H,5H2,1-4H3/b9-6+,10-7-. The van der Waals surface area contributed by atoms with E-state index in [1.54, 1.807) is 6.08 Å². The molecule has 0 saturated heterocycles. The Labute approximate surface area is 80.3 Å². The van der Waals surface area contributed by atoms with E-state index >= 15 is 0 Å². The Morgan fingerprint density at radius 3 is 2.23 bits per heavy atom. The van der Waals surface area contributed by atoms with Gasteiger partial charge in [0.25, 0.3) is 0 Å². The van der Waals surface area contributed by atoms with Gasteiger partial charge in [0.2, 0.25) is 0 Å². The molecular formula is C11H16N2. The van der Waals surface area contributed by atoms with Gasteiger partial charge < -0.3 is 0 Å². The van der Waals surface area contributed by atoms with Gasteiger partial charge in [-0.2, -0.15) is 5.26 Å². The van der Waals surface area contributed by atoms with E-state index in [-0.39, 0.29) is 5.41 Å². The Kier molecular flexibility index (Phi) is 4.13. The van der Waals surface area contributed by atoms with Gasteiger partial charge in [0, 0.05) is 0 Å². The molecule has 2 nitrogen and oxygen atoms in total. The molecule has 0 aromatic heterocycles. The SMILES string of the molecule is C=N/C(C#N)=C\C=C(/C)C(C)(C)C. The van der Waals surface area contributed by atoms with Crippen molar-refractivity contribution in [1.29, 1.82) is 5.26 Å². The minimum Gasteiger partial charge on any atom is -0.253 e. The monoisotopic (exact) mass is 176 g/mol. The van der Waals surface area contributed by atoms with Crippen LogP contribution in [0.15, 0.2) is 28.4 Å². The van der Waals surface area contributed by atoms with Crippen molar-refractivity contribution in [1.82, 2.24) is 0 Å². The third kappa shape index (κ3) is 4.27. The van der Waals surface area contributed by atoms with Crippen LogP contribution in [0.5, 0.6) is 0 Å². The average Bonchev–Trinajstić information content (AvgIpc) is 2.04. The number of rotatable bonds is 2. The van der Waals surface area contributed by atoms with Gasteiger partial charge in [0.15, 0.2) is 0 Å². The molecule has 2 heteroatoms. The zero-order chi connectivity index (χ0) is 10.5. The highest BCUT2D eigenvalue weighted by Gasteiger charge is 2.11. The van der Waals surface area contributed by atoms with E-state index in [0.29, 0.717) is 5.70 Å². The molecule has 0 fully saturated rings. The van der Waals surface area contributed by atoms with Gasteiger partial charge in [0.05, 0.1) is 0 Å². The molecule has 0 aromatic carbocycles. The smallest absolute Gasteiger partial charge is 0.139 e. The highest BCUT2D eigenvalue weighted by Crippen LogP contribution is 2.24. The number of nitrogens with zero attached hydrogens (tertiary/aromatic N) is 2. The fraction of sp³-hybridized carbons (Fsp3) is 0.455. The van der Waals surface area contributed by atoms with Gasteiger partial charge in [-0.25, -0.2) is 0 Å². The van der Waals surface area contributed by atoms with Crippen molar-refractivity contribution < 1.29 is 0 Å². The van der Waals surface area contributed by atoms with E-state index in [1.165, 1.54) is 5.57 Å². The first-order valence-corrected chi connectivity index (χ1v) is 4.17. The third-order valence-corrected chi connectivity index (χ3v) is 1.96. The summed E-state index contributed by atoms with van der Waals surface area (Å²) in [6, 6.07) is 1.95. The number of hydrogen-bond acceptors (Lipinski definition) is 2. The fourth-order valence-electron chi connectivity index (χ4n) is 0.579. The Bertz CT molecular complexity index is 282. The predicted octanol–water partition coefficient (Wildman–Crippen LogP) is 3.09. The second kappa shape index (κ2) is 4.61. The van der Waals surface area contributed by atoms with E-state index in [0.717, 1.165) is 0 Å². The summed E-state index contributed by atoms with van der Waals surface area (Å²) >= 11 is 0. The maximum absolute atomic E-state index is 8.56. The van der Waals surface area contributed by atoms with Gasteiger partial charge in [-0.3, -0.25) is 4.99 Å². The second-order valence-electron chi connectivity index (χ2n) is 3.92. The molecule has 13 heavy (non-hydrogen) atoms. The minimum atomic E-state index is 0.137. The van der Waals surface area contributed by atoms with E-state index in [1.807, 2.05) is 19.1 Å². The van der Waals surface area contributed by atoms with Crippen LogP contribution in [-0.4, -0.2) is 6.72 Å². The van der Waals surface area contributed by atoms with Crippen LogP contribution in [0.1, 0.15) is 27.7 Å². The second-order valence-corrected chi connectivity index (χ2v) is 3.92. The summed E-state index contributed by atoms with van der Waals surface area (Å²) in [7, 11) is 0. The largest absolute Gasteiger partial charge is 0.253 e. The molecule has 0 atom stereocenters. The summed E-state index contributed by atoms with van der Waals surface area (Å²) in [6.45, 7) is 11.7. The summed E-state index contributed by atoms with van der Waals surface area (Å²) in [4.78, 5) is 3.57. The Balaban J connectivity index is 4.71. The molecule has 0 saturated carbocycles. The summed E-state index contributed by atoms with van der Waals surface area (Å²) in [5, 5.41) is 8.56. The zero-order valence-corrected chi connectivity index (χ0v) is 8.76. The molecule has 0 radical (unpaired) electrons. The van der Waals surface area contributed by atoms with E-state index in [2.05, 4.69) is 32.5 Å². The van der Waals surface area contributed by atoms with Crippen LogP contribution >= 0.6 is 0 Å². The van der Waals surface area contributed by atoms with E-state index in [4.69, 9.17) is 5.26 Å². The van der Waals surface area contributed by atoms with Gasteiger partial charge in [0.1, 0.15) is 11.8 Å². The lowest BCUT2D eigenvalue weighted by molar-refractivity contribution is 0.504. The Hall–Kier alpha value is -1.36. The summed E-state index contributed by atoms with van der Waals surface area (Å²) < 4.78 is 0. The zero-order valence-electron chi connectivity index (χ0n) is 8.76. The van der Waals surface area contributed by atoms with Gasteiger partial charge >= 0.3 is 0 Å². The number of allylic oxidation sites excluding steroid dienone is 4. The van der Waals surface area contributed by atoms with Crippen LogP contribution in [0, 0.1) is 16.7 Å². The summed E-state index contributed by atoms with van der Waals surface area (Å²) in [5.41, 5.74) is 1.70. The molecule has 0 unspecified atom stereocenters. The summed E-state index contributed by atoms with van der Waals surface area (Å²) in [5.74, 6) is 0. The number of hydrogen-bond donors (Lipinski definition) is 0. The molecule has 0 aliphatic heterocycles. The first-order valence-electron chi connectivity index (χ1n) is 4.17. The molecule has 70 valence electrons. The molecule has 0 aromatic rings. The number of nitriles is 1. The first-order chi connectivity index (χ1) is 5.91. The third-order valence-electron chi connectivity index (χ3n) is 1.96. The molecule has 0 aliphatic carbocycles. The molecule has 0 bridgehead atoms. The van der Waals surface area contributed by atoms with Crippen LogP contribution in [0.25, 0.3) is 0 Å². The lowest BCUT2D eigenvalue weighted by Crippen LogP contribution is -2.05. The lowest BCUT2D eigenvalue weighted by atomic mass is 9.87. The van der Waals surface area contributed by atoms with Crippen molar-refractivity contribution in [3.8, 4) is 6.07 Å². The Morgan fingerprint density at radius 1 is 1.38 bits per heavy atom. The molecule has 0 spiro atoms. The van der Waals surface area contributed by atoms with Crippen LogP contribution < -0.4 is 0 Å². The lowest BCUT2D eigenvalue weighted by Gasteiger charge is -2.18. The van der Waals surface area contributed by atoms with Crippen molar-refractivity contribution in [3.63, 3.8) is 0 Å². The normalized spacial score (nSPS) is 13.8. The van der Waals surface area contributed by atoms with Crippen molar-refractivity contribution in [3.05, 3.63) is 23.4 Å². The number of aliphatic imine (C=N–C) groups is 1. The van der Waals surface area contributed by atoms with Crippen molar-refractivity contribution >= 4 is 6.72 Å². The van der Waals surface area contributed by atoms with Gasteiger partial charge in [-0.15, -0.1) is 0 Å². The van der Waals surface area contributed by atoms with Crippen LogP contribution in [0.2, 0.25) is 0 Å². The first kappa shape index (κ1) is 11.6. The van der Waals surface area contributed by atoms with E-state index < -0.39 is 0 Å². The van der Waals surface area contributed by atoms with Gasteiger partial charge in [-0.05, 0) is 25.1 Å². The molecular weight excluding hydrogens is 160 g/mol. The molecule has 0 rings (SSSR count). The fourth-order valence-corrected chi connectivity index (χ4v) is 0.579. The summed E-state index contributed by atoms with van der Waals surface area (Å²) in [6.07, 6.45) is 3.60. The maximum atomic E-state index is 8.56. The van der Waals surface area contributed by atoms with Crippen molar-refractivity contribution in [2.45, 2.75) is 27.7 Å². The van der Waals surface area contributed by atoms with Crippen molar-refractivity contribution in [2.24, 2.45) is 10.4 Å². The minimum absolute atomic E-state index is 0.137. The highest BCUT2D eigenvalue weighted by atomic mass is 14.7. The molecule has 0 N–H and O–H groups in total. The molecule has 0 heterocycles. The average molecular weight is 176 g/mol. The predicted molar refractivity (Wildman–Crippen MR) is 56.5 cm³/mol. The van der Waals surface area contributed by atoms with Crippen LogP contribution in [-0.2, 0) is 0 Å². The van der Waals surface area contributed by atoms with Crippen LogP contribution in [0.4, 0.5) is 0 Å². The van der Waals surface area contributed by atoms with E-state index in [9.17, 15) is 0 Å². The van der Waals surface area contributed by atoms with Crippen LogP contribution in [0.3, 0.4) is 0 Å². The Morgan fingerprint density at radius 2 is 1.92 bits per heavy atom. The van der Waals surface area contributed by atoms with Gasteiger partial charge in [-0.1, -0.05) is 32.4 Å². The molecule has 0 amide bonds. The maximum Gasteiger partial charge on any atom is 0.139 e. The topological polar surface area (TPSA) is 36.1 Å².